The van der Waals surface area contributed by atoms with Crippen LogP contribution in [0.5, 0.6) is 0 Å². The van der Waals surface area contributed by atoms with Crippen LogP contribution in [0.1, 0.15) is 33.1 Å². The van der Waals surface area contributed by atoms with Gasteiger partial charge in [-0.2, -0.15) is 0 Å². The molecule has 1 aliphatic heterocycles. The van der Waals surface area contributed by atoms with Crippen LogP contribution in [-0.4, -0.2) is 28.2 Å². The lowest BCUT2D eigenvalue weighted by atomic mass is 9.95. The first kappa shape index (κ1) is 20.6. The molecule has 1 aliphatic rings. The van der Waals surface area contributed by atoms with E-state index in [1.54, 1.807) is 25.1 Å². The lowest BCUT2D eigenvalue weighted by molar-refractivity contribution is -0.385. The molecular weight excluding hydrogens is 418 g/mol. The number of nitro benzene ring substituents is 1. The number of amides is 2. The van der Waals surface area contributed by atoms with Gasteiger partial charge in [0.15, 0.2) is 0 Å². The number of nitrogens with zero attached hydrogens (tertiary/aromatic N) is 2. The molecule has 7 nitrogen and oxygen atoms in total. The highest BCUT2D eigenvalue weighted by molar-refractivity contribution is 6.30. The largest absolute Gasteiger partial charge is 0.324 e. The average Bonchev–Trinajstić information content (AvgIpc) is 2.89. The number of benzene rings is 3. The fraction of sp³-hybridized carbons (Fsp3) is 0.130. The van der Waals surface area contributed by atoms with Crippen LogP contribution >= 0.6 is 11.6 Å². The third-order valence-corrected chi connectivity index (χ3v) is 5.47. The third-order valence-electron chi connectivity index (χ3n) is 5.24. The standard InChI is InChI=1S/C23H18ClN3O4/c1-14-7-8-16(11-20(14)27(30)31)23(29)26-13-21(28)25-19-10-9-17(24)12-18(19)22(26)15-5-3-2-4-6-15/h2-12,22H,13H2,1H3,(H,25,28)/t22-/m0/s1. The van der Waals surface area contributed by atoms with Crippen LogP contribution < -0.4 is 5.32 Å². The lowest BCUT2D eigenvalue weighted by Crippen LogP contribution is -2.39. The maximum absolute atomic E-state index is 13.6. The summed E-state index contributed by atoms with van der Waals surface area (Å²) in [6.07, 6.45) is 0. The van der Waals surface area contributed by atoms with Crippen molar-refractivity contribution in [1.29, 1.82) is 0 Å². The molecule has 3 aromatic rings. The predicted molar refractivity (Wildman–Crippen MR) is 117 cm³/mol. The van der Waals surface area contributed by atoms with E-state index in [4.69, 9.17) is 11.6 Å². The van der Waals surface area contributed by atoms with Crippen LogP contribution in [0, 0.1) is 17.0 Å². The first-order chi connectivity index (χ1) is 14.8. The summed E-state index contributed by atoms with van der Waals surface area (Å²) in [7, 11) is 0. The van der Waals surface area contributed by atoms with Gasteiger partial charge in [0.1, 0.15) is 6.54 Å². The van der Waals surface area contributed by atoms with E-state index in [1.165, 1.54) is 23.1 Å². The van der Waals surface area contributed by atoms with E-state index in [2.05, 4.69) is 5.32 Å². The van der Waals surface area contributed by atoms with E-state index < -0.39 is 16.9 Å². The highest BCUT2D eigenvalue weighted by atomic mass is 35.5. The Morgan fingerprint density at radius 3 is 2.58 bits per heavy atom. The molecule has 156 valence electrons. The molecule has 1 atom stereocenters. The van der Waals surface area contributed by atoms with E-state index in [-0.39, 0.29) is 23.7 Å². The van der Waals surface area contributed by atoms with Gasteiger partial charge in [-0.05, 0) is 36.8 Å². The zero-order valence-corrected chi connectivity index (χ0v) is 17.3. The number of hydrogen-bond donors (Lipinski definition) is 1. The second-order valence-corrected chi connectivity index (χ2v) is 7.72. The van der Waals surface area contributed by atoms with Crippen molar-refractivity contribution in [3.63, 3.8) is 0 Å². The van der Waals surface area contributed by atoms with Gasteiger partial charge in [-0.1, -0.05) is 48.0 Å². The molecule has 0 saturated carbocycles. The minimum Gasteiger partial charge on any atom is -0.324 e. The molecule has 4 rings (SSSR count). The van der Waals surface area contributed by atoms with Crippen molar-refractivity contribution < 1.29 is 14.5 Å². The fourth-order valence-corrected chi connectivity index (χ4v) is 3.95. The normalized spacial score (nSPS) is 15.6. The second-order valence-electron chi connectivity index (χ2n) is 7.28. The summed E-state index contributed by atoms with van der Waals surface area (Å²) >= 11 is 6.25. The van der Waals surface area contributed by atoms with E-state index in [9.17, 15) is 19.7 Å². The van der Waals surface area contributed by atoms with Crippen LogP contribution in [0.25, 0.3) is 0 Å². The van der Waals surface area contributed by atoms with Crippen molar-refractivity contribution in [1.82, 2.24) is 4.90 Å². The zero-order chi connectivity index (χ0) is 22.1. The van der Waals surface area contributed by atoms with Gasteiger partial charge in [0.05, 0.1) is 11.0 Å². The van der Waals surface area contributed by atoms with E-state index in [1.807, 2.05) is 30.3 Å². The third kappa shape index (κ3) is 4.00. The topological polar surface area (TPSA) is 92.6 Å². The maximum Gasteiger partial charge on any atom is 0.273 e. The van der Waals surface area contributed by atoms with E-state index >= 15 is 0 Å². The summed E-state index contributed by atoms with van der Waals surface area (Å²) in [6.45, 7) is 1.39. The number of aryl methyl sites for hydroxylation is 1. The molecule has 0 spiro atoms. The second kappa shape index (κ2) is 8.20. The Hall–Kier alpha value is -3.71. The number of anilines is 1. The van der Waals surface area contributed by atoms with Crippen LogP contribution in [0.15, 0.2) is 66.7 Å². The highest BCUT2D eigenvalue weighted by Gasteiger charge is 2.34. The number of nitrogens with one attached hydrogen (secondary N) is 1. The molecule has 0 unspecified atom stereocenters. The molecule has 2 amide bonds. The summed E-state index contributed by atoms with van der Waals surface area (Å²) < 4.78 is 0. The molecule has 0 fully saturated rings. The monoisotopic (exact) mass is 435 g/mol. The van der Waals surface area contributed by atoms with Gasteiger partial charge in [0, 0.05) is 33.5 Å². The van der Waals surface area contributed by atoms with Gasteiger partial charge in [0.25, 0.3) is 11.6 Å². The van der Waals surface area contributed by atoms with Gasteiger partial charge < -0.3 is 10.2 Å². The molecule has 0 saturated heterocycles. The fourth-order valence-electron chi connectivity index (χ4n) is 3.77. The van der Waals surface area contributed by atoms with Crippen LogP contribution in [0.2, 0.25) is 5.02 Å². The van der Waals surface area contributed by atoms with Crippen molar-refractivity contribution in [3.8, 4) is 0 Å². The molecule has 0 radical (unpaired) electrons. The van der Waals surface area contributed by atoms with Crippen molar-refractivity contribution in [3.05, 3.63) is 104 Å². The van der Waals surface area contributed by atoms with E-state index in [0.717, 1.165) is 5.56 Å². The van der Waals surface area contributed by atoms with Crippen molar-refractivity contribution in [2.45, 2.75) is 13.0 Å². The van der Waals surface area contributed by atoms with Gasteiger partial charge >= 0.3 is 0 Å². The first-order valence-corrected chi connectivity index (χ1v) is 9.93. The molecule has 0 aliphatic carbocycles. The summed E-state index contributed by atoms with van der Waals surface area (Å²) in [5.74, 6) is -0.850. The molecule has 0 bridgehead atoms. The Kier molecular flexibility index (Phi) is 5.44. The summed E-state index contributed by atoms with van der Waals surface area (Å²) in [4.78, 5) is 38.5. The predicted octanol–water partition coefficient (Wildman–Crippen LogP) is 4.74. The van der Waals surface area contributed by atoms with Crippen molar-refractivity contribution >= 4 is 34.8 Å². The minimum absolute atomic E-state index is 0.136. The zero-order valence-electron chi connectivity index (χ0n) is 16.5. The number of halogens is 1. The van der Waals surface area contributed by atoms with Gasteiger partial charge in [0.2, 0.25) is 5.91 Å². The SMILES string of the molecule is Cc1ccc(C(=O)N2CC(=O)Nc3ccc(Cl)cc3[C@@H]2c2ccccc2)cc1[N+](=O)[O-]. The lowest BCUT2D eigenvalue weighted by Gasteiger charge is -2.30. The Labute approximate surface area is 183 Å². The molecule has 31 heavy (non-hydrogen) atoms. The smallest absolute Gasteiger partial charge is 0.273 e. The quantitative estimate of drug-likeness (QED) is 0.475. The van der Waals surface area contributed by atoms with Crippen LogP contribution in [0.3, 0.4) is 0 Å². The molecule has 0 aromatic heterocycles. The van der Waals surface area contributed by atoms with Gasteiger partial charge in [-0.25, -0.2) is 0 Å². The summed E-state index contributed by atoms with van der Waals surface area (Å²) in [5.41, 5.74) is 2.46. The van der Waals surface area contributed by atoms with Gasteiger partial charge in [-0.3, -0.25) is 19.7 Å². The van der Waals surface area contributed by atoms with Crippen molar-refractivity contribution in [2.75, 3.05) is 11.9 Å². The summed E-state index contributed by atoms with van der Waals surface area (Å²) in [5, 5.41) is 14.7. The maximum atomic E-state index is 13.6. The minimum atomic E-state index is -0.610. The van der Waals surface area contributed by atoms with Crippen LogP contribution in [-0.2, 0) is 4.79 Å². The first-order valence-electron chi connectivity index (χ1n) is 9.55. The Morgan fingerprint density at radius 1 is 1.13 bits per heavy atom. The summed E-state index contributed by atoms with van der Waals surface area (Å²) in [6, 6.07) is 18.1. The Morgan fingerprint density at radius 2 is 1.87 bits per heavy atom. The highest BCUT2D eigenvalue weighted by Crippen LogP contribution is 2.38. The number of rotatable bonds is 3. The number of fused-ring (bicyclic) bond motifs is 1. The van der Waals surface area contributed by atoms with Gasteiger partial charge in [-0.15, -0.1) is 0 Å². The molecular formula is C23H18ClN3O4. The number of carbonyl (C=O) groups excluding carboxylic acids is 2. The molecule has 1 heterocycles. The van der Waals surface area contributed by atoms with E-state index in [0.29, 0.717) is 21.8 Å². The molecule has 3 aromatic carbocycles. The molecule has 1 N–H and O–H groups in total. The van der Waals surface area contributed by atoms with Crippen molar-refractivity contribution in [2.24, 2.45) is 0 Å². The van der Waals surface area contributed by atoms with Crippen LogP contribution in [0.4, 0.5) is 11.4 Å². The Balaban J connectivity index is 1.88. The number of nitro groups is 1. The number of carbonyl (C=O) groups is 2. The number of hydrogen-bond acceptors (Lipinski definition) is 4. The average molecular weight is 436 g/mol. The molecule has 8 heteroatoms. The Bertz CT molecular complexity index is 1200.